The standard InChI is InChI=1S/C22H29N3O8/c1-5-32-20(28)17(18(26)14-6-8-16(9-7-14)25(30)31)23-19(27)15-10-12-24(13-11-15)21(29)33-22(2,3)4/h6-9,15,17H,5,10-13H2,1-4H3,(H,23,27). The SMILES string of the molecule is CCOC(=O)C(NC(=O)C1CCN(C(=O)OC(C)(C)C)CC1)C(=O)c1ccc([N+](=O)[O-])cc1. The molecule has 1 aromatic carbocycles. The van der Waals surface area contributed by atoms with E-state index in [0.717, 1.165) is 12.1 Å². The monoisotopic (exact) mass is 463 g/mol. The predicted octanol–water partition coefficient (Wildman–Crippen LogP) is 2.47. The van der Waals surface area contributed by atoms with Crippen LogP contribution in [0.5, 0.6) is 0 Å². The Morgan fingerprint density at radius 3 is 2.21 bits per heavy atom. The average Bonchev–Trinajstić information content (AvgIpc) is 2.76. The maximum absolute atomic E-state index is 12.9. The summed E-state index contributed by atoms with van der Waals surface area (Å²) in [6.07, 6.45) is 0.220. The van der Waals surface area contributed by atoms with E-state index >= 15 is 0 Å². The molecular formula is C22H29N3O8. The zero-order valence-electron chi connectivity index (χ0n) is 19.2. The van der Waals surface area contributed by atoms with Crippen LogP contribution < -0.4 is 5.32 Å². The highest BCUT2D eigenvalue weighted by molar-refractivity contribution is 6.13. The molecule has 1 heterocycles. The first-order valence-corrected chi connectivity index (χ1v) is 10.7. The van der Waals surface area contributed by atoms with Crippen LogP contribution in [0.3, 0.4) is 0 Å². The molecule has 11 nitrogen and oxygen atoms in total. The number of carbonyl (C=O) groups is 4. The third kappa shape index (κ3) is 7.26. The molecule has 33 heavy (non-hydrogen) atoms. The van der Waals surface area contributed by atoms with Gasteiger partial charge in [0, 0.05) is 36.7 Å². The summed E-state index contributed by atoms with van der Waals surface area (Å²) in [5, 5.41) is 13.3. The molecule has 0 bridgehead atoms. The molecule has 0 spiro atoms. The van der Waals surface area contributed by atoms with Crippen molar-refractivity contribution in [3.8, 4) is 0 Å². The maximum Gasteiger partial charge on any atom is 0.410 e. The van der Waals surface area contributed by atoms with Crippen LogP contribution in [0, 0.1) is 16.0 Å². The molecule has 1 atom stereocenters. The summed E-state index contributed by atoms with van der Waals surface area (Å²) in [5.41, 5.74) is -0.810. The fourth-order valence-electron chi connectivity index (χ4n) is 3.28. The molecule has 1 fully saturated rings. The number of ether oxygens (including phenoxy) is 2. The average molecular weight is 463 g/mol. The fraction of sp³-hybridized carbons (Fsp3) is 0.545. The number of nitrogens with zero attached hydrogens (tertiary/aromatic N) is 2. The Kier molecular flexibility index (Phi) is 8.50. The van der Waals surface area contributed by atoms with Crippen molar-refractivity contribution >= 4 is 29.4 Å². The normalized spacial score (nSPS) is 15.3. The highest BCUT2D eigenvalue weighted by Gasteiger charge is 2.35. The van der Waals surface area contributed by atoms with Gasteiger partial charge in [0.1, 0.15) is 5.60 Å². The zero-order chi connectivity index (χ0) is 24.8. The minimum atomic E-state index is -1.58. The number of amides is 2. The number of nitrogens with one attached hydrogen (secondary N) is 1. The molecule has 1 unspecified atom stereocenters. The topological polar surface area (TPSA) is 145 Å². The quantitative estimate of drug-likeness (QED) is 0.213. The van der Waals surface area contributed by atoms with Crippen LogP contribution in [-0.4, -0.2) is 64.9 Å². The van der Waals surface area contributed by atoms with E-state index in [1.54, 1.807) is 27.7 Å². The van der Waals surface area contributed by atoms with Gasteiger partial charge in [-0.15, -0.1) is 0 Å². The second-order valence-corrected chi connectivity index (χ2v) is 8.60. The number of hydrogen-bond donors (Lipinski definition) is 1. The maximum atomic E-state index is 12.9. The Morgan fingerprint density at radius 2 is 1.73 bits per heavy atom. The number of ketones is 1. The van der Waals surface area contributed by atoms with Gasteiger partial charge in [-0.3, -0.25) is 19.7 Å². The molecule has 2 rings (SSSR count). The van der Waals surface area contributed by atoms with Gasteiger partial charge in [-0.05, 0) is 52.7 Å². The largest absolute Gasteiger partial charge is 0.464 e. The number of piperidine rings is 1. The summed E-state index contributed by atoms with van der Waals surface area (Å²) in [6, 6.07) is 3.15. The van der Waals surface area contributed by atoms with Crippen molar-refractivity contribution in [1.29, 1.82) is 0 Å². The zero-order valence-corrected chi connectivity index (χ0v) is 19.2. The Labute approximate surface area is 191 Å². The second-order valence-electron chi connectivity index (χ2n) is 8.60. The number of Topliss-reactive ketones (excluding diaryl/α,β-unsaturated/α-hetero) is 1. The number of carbonyl (C=O) groups excluding carboxylic acids is 4. The van der Waals surface area contributed by atoms with E-state index in [2.05, 4.69) is 5.32 Å². The van der Waals surface area contributed by atoms with Crippen molar-refractivity contribution in [3.63, 3.8) is 0 Å². The first-order chi connectivity index (χ1) is 15.4. The molecular weight excluding hydrogens is 434 g/mol. The highest BCUT2D eigenvalue weighted by Crippen LogP contribution is 2.21. The van der Waals surface area contributed by atoms with E-state index < -0.39 is 46.2 Å². The molecule has 180 valence electrons. The Hall–Kier alpha value is -3.50. The van der Waals surface area contributed by atoms with Gasteiger partial charge in [0.05, 0.1) is 11.5 Å². The third-order valence-corrected chi connectivity index (χ3v) is 4.95. The lowest BCUT2D eigenvalue weighted by atomic mass is 9.95. The predicted molar refractivity (Wildman–Crippen MR) is 117 cm³/mol. The van der Waals surface area contributed by atoms with Crippen LogP contribution in [0.4, 0.5) is 10.5 Å². The van der Waals surface area contributed by atoms with Crippen LogP contribution in [-0.2, 0) is 19.1 Å². The van der Waals surface area contributed by atoms with Crippen molar-refractivity contribution in [2.24, 2.45) is 5.92 Å². The number of nitro benzene ring substituents is 1. The number of rotatable bonds is 7. The van der Waals surface area contributed by atoms with E-state index in [1.807, 2.05) is 0 Å². The van der Waals surface area contributed by atoms with E-state index in [9.17, 15) is 29.3 Å². The number of nitro groups is 1. The smallest absolute Gasteiger partial charge is 0.410 e. The number of esters is 1. The van der Waals surface area contributed by atoms with Gasteiger partial charge in [-0.1, -0.05) is 0 Å². The summed E-state index contributed by atoms with van der Waals surface area (Å²) in [6.45, 7) is 7.47. The van der Waals surface area contributed by atoms with Gasteiger partial charge in [-0.2, -0.15) is 0 Å². The molecule has 1 aliphatic heterocycles. The van der Waals surface area contributed by atoms with Crippen LogP contribution in [0.25, 0.3) is 0 Å². The highest BCUT2D eigenvalue weighted by atomic mass is 16.6. The lowest BCUT2D eigenvalue weighted by molar-refractivity contribution is -0.384. The third-order valence-electron chi connectivity index (χ3n) is 4.95. The first-order valence-electron chi connectivity index (χ1n) is 10.7. The fourth-order valence-corrected chi connectivity index (χ4v) is 3.28. The first kappa shape index (κ1) is 25.8. The van der Waals surface area contributed by atoms with Crippen molar-refractivity contribution in [2.45, 2.75) is 52.2 Å². The summed E-state index contributed by atoms with van der Waals surface area (Å²) >= 11 is 0. The van der Waals surface area contributed by atoms with Gasteiger partial charge >= 0.3 is 12.1 Å². The second kappa shape index (κ2) is 10.9. The minimum Gasteiger partial charge on any atom is -0.464 e. The van der Waals surface area contributed by atoms with Crippen molar-refractivity contribution in [3.05, 3.63) is 39.9 Å². The van der Waals surface area contributed by atoms with Crippen LogP contribution >= 0.6 is 0 Å². The summed E-state index contributed by atoms with van der Waals surface area (Å²) in [5.74, 6) is -2.67. The lowest BCUT2D eigenvalue weighted by Crippen LogP contribution is -2.51. The number of benzene rings is 1. The lowest BCUT2D eigenvalue weighted by Gasteiger charge is -2.33. The van der Waals surface area contributed by atoms with Gasteiger partial charge in [0.25, 0.3) is 5.69 Å². The van der Waals surface area contributed by atoms with Crippen molar-refractivity contribution < 1.29 is 33.6 Å². The number of hydrogen-bond acceptors (Lipinski definition) is 8. The molecule has 1 aliphatic rings. The molecule has 0 radical (unpaired) electrons. The number of non-ortho nitro benzene ring substituents is 1. The summed E-state index contributed by atoms with van der Waals surface area (Å²) in [4.78, 5) is 62.0. The molecule has 1 N–H and O–H groups in total. The van der Waals surface area contributed by atoms with Crippen LogP contribution in [0.2, 0.25) is 0 Å². The molecule has 11 heteroatoms. The van der Waals surface area contributed by atoms with Gasteiger partial charge in [-0.25, -0.2) is 9.59 Å². The summed E-state index contributed by atoms with van der Waals surface area (Å²) in [7, 11) is 0. The van der Waals surface area contributed by atoms with Gasteiger partial charge < -0.3 is 19.7 Å². The molecule has 2 amide bonds. The van der Waals surface area contributed by atoms with Crippen LogP contribution in [0.15, 0.2) is 24.3 Å². The Bertz CT molecular complexity index is 899. The molecule has 0 saturated carbocycles. The van der Waals surface area contributed by atoms with E-state index in [0.29, 0.717) is 25.9 Å². The van der Waals surface area contributed by atoms with E-state index in [4.69, 9.17) is 9.47 Å². The molecule has 1 saturated heterocycles. The Morgan fingerprint density at radius 1 is 1.15 bits per heavy atom. The van der Waals surface area contributed by atoms with Crippen LogP contribution in [0.1, 0.15) is 50.9 Å². The summed E-state index contributed by atoms with van der Waals surface area (Å²) < 4.78 is 10.3. The Balaban J connectivity index is 2.06. The van der Waals surface area contributed by atoms with E-state index in [1.165, 1.54) is 17.0 Å². The molecule has 0 aliphatic carbocycles. The van der Waals surface area contributed by atoms with Gasteiger partial charge in [0.15, 0.2) is 11.8 Å². The van der Waals surface area contributed by atoms with Crippen molar-refractivity contribution in [1.82, 2.24) is 10.2 Å². The van der Waals surface area contributed by atoms with Gasteiger partial charge in [0.2, 0.25) is 5.91 Å². The minimum absolute atomic E-state index is 0.00697. The number of likely N-dealkylation sites (tertiary alicyclic amines) is 1. The van der Waals surface area contributed by atoms with Crippen molar-refractivity contribution in [2.75, 3.05) is 19.7 Å². The van der Waals surface area contributed by atoms with E-state index in [-0.39, 0.29) is 17.9 Å². The molecule has 0 aromatic heterocycles. The molecule has 1 aromatic rings.